The summed E-state index contributed by atoms with van der Waals surface area (Å²) in [6.07, 6.45) is 1.52. The molecule has 0 aromatic carbocycles. The van der Waals surface area contributed by atoms with Crippen LogP contribution in [-0.2, 0) is 6.54 Å². The molecule has 19 heavy (non-hydrogen) atoms. The second-order valence-electron chi connectivity index (χ2n) is 4.60. The Hall–Kier alpha value is -2.31. The van der Waals surface area contributed by atoms with E-state index >= 15 is 0 Å². The molecule has 2 heterocycles. The summed E-state index contributed by atoms with van der Waals surface area (Å²) < 4.78 is 6.28. The average molecular weight is 265 g/mol. The summed E-state index contributed by atoms with van der Waals surface area (Å²) in [6.45, 7) is 5.21. The van der Waals surface area contributed by atoms with E-state index in [2.05, 4.69) is 9.97 Å². The van der Waals surface area contributed by atoms with Crippen molar-refractivity contribution in [2.75, 3.05) is 0 Å². The molecule has 0 aliphatic carbocycles. The van der Waals surface area contributed by atoms with Crippen LogP contribution in [0.5, 0.6) is 5.88 Å². The lowest BCUT2D eigenvalue weighted by molar-refractivity contribution is 0.377. The Labute approximate surface area is 108 Å². The first-order chi connectivity index (χ1) is 8.90. The van der Waals surface area contributed by atoms with E-state index in [0.29, 0.717) is 5.76 Å². The van der Waals surface area contributed by atoms with E-state index in [1.54, 1.807) is 20.8 Å². The summed E-state index contributed by atoms with van der Waals surface area (Å²) >= 11 is 0. The van der Waals surface area contributed by atoms with Crippen molar-refractivity contribution in [3.05, 3.63) is 44.2 Å². The molecular weight excluding hydrogens is 250 g/mol. The van der Waals surface area contributed by atoms with Crippen molar-refractivity contribution in [3.8, 4) is 5.88 Å². The van der Waals surface area contributed by atoms with Crippen LogP contribution < -0.4 is 11.2 Å². The van der Waals surface area contributed by atoms with Gasteiger partial charge in [-0.05, 0) is 12.8 Å². The van der Waals surface area contributed by atoms with E-state index in [0.717, 1.165) is 4.57 Å². The van der Waals surface area contributed by atoms with Crippen LogP contribution in [-0.4, -0.2) is 19.6 Å². The highest BCUT2D eigenvalue weighted by Gasteiger charge is 2.18. The van der Waals surface area contributed by atoms with Crippen LogP contribution >= 0.6 is 0 Å². The zero-order valence-electron chi connectivity index (χ0n) is 10.9. The molecule has 0 unspecified atom stereocenters. The Kier molecular flexibility index (Phi) is 3.28. The van der Waals surface area contributed by atoms with E-state index in [9.17, 15) is 14.7 Å². The van der Waals surface area contributed by atoms with Crippen molar-refractivity contribution in [3.63, 3.8) is 0 Å². The molecule has 7 nitrogen and oxygen atoms in total. The number of aromatic nitrogens is 3. The van der Waals surface area contributed by atoms with E-state index in [-0.39, 0.29) is 29.8 Å². The van der Waals surface area contributed by atoms with Crippen LogP contribution in [0.1, 0.15) is 37.0 Å². The van der Waals surface area contributed by atoms with Gasteiger partial charge >= 0.3 is 5.69 Å². The predicted octanol–water partition coefficient (Wildman–Crippen LogP) is 0.710. The molecule has 0 spiro atoms. The highest BCUT2D eigenvalue weighted by atomic mass is 16.4. The van der Waals surface area contributed by atoms with Gasteiger partial charge in [-0.2, -0.15) is 0 Å². The third kappa shape index (κ3) is 2.44. The topological polar surface area (TPSA) is 101 Å². The lowest BCUT2D eigenvalue weighted by Crippen LogP contribution is -2.33. The molecule has 102 valence electrons. The summed E-state index contributed by atoms with van der Waals surface area (Å²) in [6, 6.07) is 0. The van der Waals surface area contributed by atoms with Gasteiger partial charge in [0.05, 0.1) is 11.8 Å². The number of nitrogens with one attached hydrogen (secondary N) is 1. The van der Waals surface area contributed by atoms with E-state index in [4.69, 9.17) is 4.42 Å². The van der Waals surface area contributed by atoms with Crippen molar-refractivity contribution in [2.45, 2.75) is 33.2 Å². The van der Waals surface area contributed by atoms with Gasteiger partial charge in [-0.3, -0.25) is 14.3 Å². The van der Waals surface area contributed by atoms with Gasteiger partial charge in [0.1, 0.15) is 12.3 Å². The first kappa shape index (κ1) is 13.1. The third-order valence-corrected chi connectivity index (χ3v) is 2.75. The van der Waals surface area contributed by atoms with Crippen molar-refractivity contribution >= 4 is 0 Å². The number of hydrogen-bond donors (Lipinski definition) is 2. The second-order valence-corrected chi connectivity index (χ2v) is 4.60. The van der Waals surface area contributed by atoms with Crippen molar-refractivity contribution < 1.29 is 9.52 Å². The largest absolute Gasteiger partial charge is 0.494 e. The van der Waals surface area contributed by atoms with Gasteiger partial charge in [0.2, 0.25) is 11.8 Å². The van der Waals surface area contributed by atoms with Gasteiger partial charge in [-0.25, -0.2) is 9.78 Å². The standard InChI is InChI=1S/C12H15N3O4/c1-6(2)9-10(16)14-12(18)15(11(9)17)5-8-13-4-7(3)19-8/h4,6,17H,5H2,1-3H3,(H,14,16,18). The summed E-state index contributed by atoms with van der Waals surface area (Å²) in [5.74, 6) is 0.342. The number of H-pyrrole nitrogens is 1. The van der Waals surface area contributed by atoms with Crippen LogP contribution in [0.2, 0.25) is 0 Å². The van der Waals surface area contributed by atoms with Gasteiger partial charge < -0.3 is 9.52 Å². The van der Waals surface area contributed by atoms with Crippen LogP contribution in [0.3, 0.4) is 0 Å². The summed E-state index contributed by atoms with van der Waals surface area (Å²) in [7, 11) is 0. The normalized spacial score (nSPS) is 11.2. The Bertz CT molecular complexity index is 708. The summed E-state index contributed by atoms with van der Waals surface area (Å²) in [5, 5.41) is 10.1. The van der Waals surface area contributed by atoms with Crippen molar-refractivity contribution in [1.29, 1.82) is 0 Å². The maximum atomic E-state index is 11.7. The Morgan fingerprint density at radius 2 is 2.16 bits per heavy atom. The van der Waals surface area contributed by atoms with Crippen LogP contribution in [0.25, 0.3) is 0 Å². The number of aryl methyl sites for hydroxylation is 1. The third-order valence-electron chi connectivity index (χ3n) is 2.75. The van der Waals surface area contributed by atoms with E-state index in [1.165, 1.54) is 6.20 Å². The molecule has 2 rings (SSSR count). The Balaban J connectivity index is 2.54. The van der Waals surface area contributed by atoms with Gasteiger partial charge in [0.15, 0.2) is 0 Å². The molecule has 0 saturated heterocycles. The van der Waals surface area contributed by atoms with Gasteiger partial charge in [-0.1, -0.05) is 13.8 Å². The zero-order valence-corrected chi connectivity index (χ0v) is 10.9. The minimum Gasteiger partial charge on any atom is -0.494 e. The fraction of sp³-hybridized carbons (Fsp3) is 0.417. The lowest BCUT2D eigenvalue weighted by Gasteiger charge is -2.11. The van der Waals surface area contributed by atoms with Crippen LogP contribution in [0.15, 0.2) is 20.2 Å². The molecule has 2 aromatic heterocycles. The molecule has 0 atom stereocenters. The summed E-state index contributed by atoms with van der Waals surface area (Å²) in [5.41, 5.74) is -1.09. The fourth-order valence-electron chi connectivity index (χ4n) is 1.85. The van der Waals surface area contributed by atoms with Crippen LogP contribution in [0, 0.1) is 6.92 Å². The Morgan fingerprint density at radius 1 is 1.47 bits per heavy atom. The van der Waals surface area contributed by atoms with Crippen molar-refractivity contribution in [2.24, 2.45) is 0 Å². The second kappa shape index (κ2) is 4.75. The average Bonchev–Trinajstić information content (AvgIpc) is 2.69. The molecule has 2 aromatic rings. The predicted molar refractivity (Wildman–Crippen MR) is 67.4 cm³/mol. The number of aromatic amines is 1. The zero-order chi connectivity index (χ0) is 14.2. The van der Waals surface area contributed by atoms with Gasteiger partial charge in [0.25, 0.3) is 5.56 Å². The molecule has 0 saturated carbocycles. The monoisotopic (exact) mass is 265 g/mol. The van der Waals surface area contributed by atoms with E-state index < -0.39 is 11.2 Å². The van der Waals surface area contributed by atoms with Gasteiger partial charge in [0, 0.05) is 0 Å². The highest BCUT2D eigenvalue weighted by molar-refractivity contribution is 5.26. The molecule has 0 fully saturated rings. The number of rotatable bonds is 3. The first-order valence-corrected chi connectivity index (χ1v) is 5.87. The number of aromatic hydroxyl groups is 1. The summed E-state index contributed by atoms with van der Waals surface area (Å²) in [4.78, 5) is 29.5. The Morgan fingerprint density at radius 3 is 2.68 bits per heavy atom. The molecule has 0 aliphatic heterocycles. The maximum absolute atomic E-state index is 11.7. The lowest BCUT2D eigenvalue weighted by atomic mass is 10.1. The van der Waals surface area contributed by atoms with Crippen molar-refractivity contribution in [1.82, 2.24) is 14.5 Å². The SMILES string of the molecule is Cc1cnc(Cn2c(O)c(C(C)C)c(=O)[nH]c2=O)o1. The number of hydrogen-bond acceptors (Lipinski definition) is 5. The molecule has 0 amide bonds. The van der Waals surface area contributed by atoms with Crippen LogP contribution in [0.4, 0.5) is 0 Å². The maximum Gasteiger partial charge on any atom is 0.331 e. The number of nitrogens with zero attached hydrogens (tertiary/aromatic N) is 2. The molecule has 0 radical (unpaired) electrons. The first-order valence-electron chi connectivity index (χ1n) is 5.87. The fourth-order valence-corrected chi connectivity index (χ4v) is 1.85. The van der Waals surface area contributed by atoms with Gasteiger partial charge in [-0.15, -0.1) is 0 Å². The smallest absolute Gasteiger partial charge is 0.331 e. The minimum atomic E-state index is -0.692. The quantitative estimate of drug-likeness (QED) is 0.851. The molecule has 2 N–H and O–H groups in total. The molecule has 0 aliphatic rings. The molecular formula is C12H15N3O4. The molecule has 0 bridgehead atoms. The molecule has 7 heteroatoms. The highest BCUT2D eigenvalue weighted by Crippen LogP contribution is 2.20. The minimum absolute atomic E-state index is 0.0327. The number of oxazole rings is 1. The van der Waals surface area contributed by atoms with E-state index in [1.807, 2.05) is 0 Å².